The van der Waals surface area contributed by atoms with Crippen molar-refractivity contribution >= 4 is 22.7 Å². The van der Waals surface area contributed by atoms with E-state index in [1.165, 1.54) is 4.90 Å². The van der Waals surface area contributed by atoms with Crippen LogP contribution in [0.2, 0.25) is 0 Å². The first-order chi connectivity index (χ1) is 18.0. The number of ether oxygens (including phenoxy) is 1. The summed E-state index contributed by atoms with van der Waals surface area (Å²) in [5, 5.41) is 0.457. The molecule has 1 atom stereocenters. The Labute approximate surface area is 213 Å². The monoisotopic (exact) mass is 488 g/mol. The maximum atomic E-state index is 13.9. The largest absolute Gasteiger partial charge is 0.489 e. The summed E-state index contributed by atoms with van der Waals surface area (Å²) < 4.78 is 12.2. The Morgan fingerprint density at radius 3 is 2.46 bits per heavy atom. The lowest BCUT2D eigenvalue weighted by Crippen LogP contribution is -2.30. The van der Waals surface area contributed by atoms with Gasteiger partial charge in [-0.1, -0.05) is 48.5 Å². The molecule has 0 radical (unpaired) electrons. The van der Waals surface area contributed by atoms with Crippen molar-refractivity contribution in [1.29, 1.82) is 0 Å². The molecule has 3 aromatic carbocycles. The standard InChI is InChI=1S/C31H24N2O4/c1-19-15-24-25(16-20(19)2)37-30-27(29(24)34)28(33(31(30)35)26-13-6-7-14-32-26)22-11-8-12-23(17-22)36-18-21-9-4-3-5-10-21/h3-17,28H,18H2,1-2H3/t28-/m1/s1. The molecular weight excluding hydrogens is 464 g/mol. The number of anilines is 1. The second-order valence-corrected chi connectivity index (χ2v) is 9.22. The van der Waals surface area contributed by atoms with E-state index in [2.05, 4.69) is 4.98 Å². The quantitative estimate of drug-likeness (QED) is 0.297. The molecular formula is C31H24N2O4. The van der Waals surface area contributed by atoms with Gasteiger partial charge in [0, 0.05) is 6.20 Å². The van der Waals surface area contributed by atoms with Crippen LogP contribution in [0.15, 0.2) is 100 Å². The van der Waals surface area contributed by atoms with Crippen LogP contribution in [-0.2, 0) is 6.61 Å². The first-order valence-electron chi connectivity index (χ1n) is 12.1. The van der Waals surface area contributed by atoms with Crippen molar-refractivity contribution in [1.82, 2.24) is 4.98 Å². The van der Waals surface area contributed by atoms with Crippen LogP contribution in [0.5, 0.6) is 5.75 Å². The van der Waals surface area contributed by atoms with Crippen molar-refractivity contribution in [2.24, 2.45) is 0 Å². The maximum absolute atomic E-state index is 13.9. The number of aryl methyl sites for hydroxylation is 2. The number of rotatable bonds is 5. The molecule has 1 amide bonds. The summed E-state index contributed by atoms with van der Waals surface area (Å²) in [5.41, 5.74) is 4.25. The zero-order valence-corrected chi connectivity index (χ0v) is 20.5. The molecule has 5 aromatic rings. The summed E-state index contributed by atoms with van der Waals surface area (Å²) in [6, 6.07) is 25.7. The van der Waals surface area contributed by atoms with Gasteiger partial charge in [-0.15, -0.1) is 0 Å². The topological polar surface area (TPSA) is 72.6 Å². The van der Waals surface area contributed by atoms with Gasteiger partial charge >= 0.3 is 0 Å². The molecule has 2 aromatic heterocycles. The summed E-state index contributed by atoms with van der Waals surface area (Å²) in [7, 11) is 0. The second-order valence-electron chi connectivity index (χ2n) is 9.22. The molecule has 6 rings (SSSR count). The SMILES string of the molecule is Cc1cc2oc3c(c(=O)c2cc1C)[C@@H](c1cccc(OCc2ccccc2)c1)N(c1ccccn1)C3=O. The van der Waals surface area contributed by atoms with Crippen molar-refractivity contribution in [2.45, 2.75) is 26.5 Å². The molecule has 0 bridgehead atoms. The minimum absolute atomic E-state index is 0.0482. The van der Waals surface area contributed by atoms with E-state index >= 15 is 0 Å². The zero-order chi connectivity index (χ0) is 25.5. The Balaban J connectivity index is 1.50. The highest BCUT2D eigenvalue weighted by molar-refractivity contribution is 6.10. The van der Waals surface area contributed by atoms with Crippen LogP contribution in [-0.4, -0.2) is 10.9 Å². The van der Waals surface area contributed by atoms with Crippen molar-refractivity contribution < 1.29 is 13.9 Å². The van der Waals surface area contributed by atoms with Crippen molar-refractivity contribution in [3.05, 3.63) is 135 Å². The summed E-state index contributed by atoms with van der Waals surface area (Å²) in [6.07, 6.45) is 1.63. The molecule has 6 heteroatoms. The minimum atomic E-state index is -0.708. The summed E-state index contributed by atoms with van der Waals surface area (Å²) in [5.74, 6) is 0.730. The first-order valence-corrected chi connectivity index (χ1v) is 12.1. The van der Waals surface area contributed by atoms with Gasteiger partial charge in [-0.3, -0.25) is 14.5 Å². The van der Waals surface area contributed by atoms with E-state index in [0.717, 1.165) is 22.3 Å². The van der Waals surface area contributed by atoms with E-state index in [1.54, 1.807) is 18.3 Å². The third kappa shape index (κ3) is 3.96. The Morgan fingerprint density at radius 2 is 1.68 bits per heavy atom. The van der Waals surface area contributed by atoms with Gasteiger partial charge in [-0.2, -0.15) is 0 Å². The second kappa shape index (κ2) is 9.06. The predicted molar refractivity (Wildman–Crippen MR) is 142 cm³/mol. The number of hydrogen-bond acceptors (Lipinski definition) is 5. The molecule has 0 aliphatic carbocycles. The molecule has 182 valence electrons. The fraction of sp³-hybridized carbons (Fsp3) is 0.129. The van der Waals surface area contributed by atoms with Gasteiger partial charge in [0.05, 0.1) is 17.0 Å². The van der Waals surface area contributed by atoms with E-state index in [4.69, 9.17) is 9.15 Å². The summed E-state index contributed by atoms with van der Waals surface area (Å²) >= 11 is 0. The van der Waals surface area contributed by atoms with Crippen molar-refractivity contribution in [2.75, 3.05) is 4.90 Å². The van der Waals surface area contributed by atoms with Gasteiger partial charge in [0.25, 0.3) is 5.91 Å². The summed E-state index contributed by atoms with van der Waals surface area (Å²) in [4.78, 5) is 33.6. The molecule has 1 aliphatic heterocycles. The van der Waals surface area contributed by atoms with Crippen LogP contribution in [0.1, 0.15) is 44.4 Å². The lowest BCUT2D eigenvalue weighted by molar-refractivity contribution is 0.0970. The molecule has 0 N–H and O–H groups in total. The van der Waals surface area contributed by atoms with Gasteiger partial charge < -0.3 is 9.15 Å². The maximum Gasteiger partial charge on any atom is 0.296 e. The number of benzene rings is 3. The number of carbonyl (C=O) groups is 1. The van der Waals surface area contributed by atoms with E-state index in [0.29, 0.717) is 34.7 Å². The van der Waals surface area contributed by atoms with Crippen LogP contribution in [0.25, 0.3) is 11.0 Å². The highest BCUT2D eigenvalue weighted by Crippen LogP contribution is 2.41. The van der Waals surface area contributed by atoms with Gasteiger partial charge in [0.15, 0.2) is 5.43 Å². The predicted octanol–water partition coefficient (Wildman–Crippen LogP) is 6.13. The highest BCUT2D eigenvalue weighted by atomic mass is 16.5. The Bertz CT molecular complexity index is 1690. The molecule has 0 spiro atoms. The molecule has 0 saturated heterocycles. The fourth-order valence-electron chi connectivity index (χ4n) is 4.79. The van der Waals surface area contributed by atoms with Gasteiger partial charge in [-0.25, -0.2) is 4.98 Å². The molecule has 0 unspecified atom stereocenters. The number of nitrogens with zero attached hydrogens (tertiary/aromatic N) is 2. The normalized spacial score (nSPS) is 14.7. The third-order valence-electron chi connectivity index (χ3n) is 6.80. The number of amides is 1. The minimum Gasteiger partial charge on any atom is -0.489 e. The number of hydrogen-bond donors (Lipinski definition) is 0. The van der Waals surface area contributed by atoms with E-state index in [9.17, 15) is 9.59 Å². The number of pyridine rings is 1. The molecule has 3 heterocycles. The Hall–Kier alpha value is -4.71. The van der Waals surface area contributed by atoms with Crippen LogP contribution < -0.4 is 15.1 Å². The van der Waals surface area contributed by atoms with E-state index < -0.39 is 11.9 Å². The average molecular weight is 489 g/mol. The van der Waals surface area contributed by atoms with Crippen LogP contribution in [0.3, 0.4) is 0 Å². The van der Waals surface area contributed by atoms with Gasteiger partial charge in [0.1, 0.15) is 23.8 Å². The third-order valence-corrected chi connectivity index (χ3v) is 6.80. The van der Waals surface area contributed by atoms with Gasteiger partial charge in [0.2, 0.25) is 5.76 Å². The molecule has 37 heavy (non-hydrogen) atoms. The van der Waals surface area contributed by atoms with Crippen LogP contribution in [0.4, 0.5) is 5.82 Å². The number of carbonyl (C=O) groups excluding carboxylic acids is 1. The number of aromatic nitrogens is 1. The van der Waals surface area contributed by atoms with E-state index in [1.807, 2.05) is 86.6 Å². The van der Waals surface area contributed by atoms with Crippen molar-refractivity contribution in [3.63, 3.8) is 0 Å². The lowest BCUT2D eigenvalue weighted by Gasteiger charge is -2.24. The molecule has 0 fully saturated rings. The number of fused-ring (bicyclic) bond motifs is 2. The average Bonchev–Trinajstić information content (AvgIpc) is 3.22. The highest BCUT2D eigenvalue weighted by Gasteiger charge is 2.44. The van der Waals surface area contributed by atoms with Crippen LogP contribution >= 0.6 is 0 Å². The smallest absolute Gasteiger partial charge is 0.296 e. The Kier molecular flexibility index (Phi) is 5.57. The molecule has 6 nitrogen and oxygen atoms in total. The van der Waals surface area contributed by atoms with E-state index in [-0.39, 0.29) is 11.2 Å². The summed E-state index contributed by atoms with van der Waals surface area (Å²) in [6.45, 7) is 4.31. The van der Waals surface area contributed by atoms with Gasteiger partial charge in [-0.05, 0) is 72.5 Å². The Morgan fingerprint density at radius 1 is 0.892 bits per heavy atom. The molecule has 1 aliphatic rings. The fourth-order valence-corrected chi connectivity index (χ4v) is 4.79. The lowest BCUT2D eigenvalue weighted by atomic mass is 9.97. The zero-order valence-electron chi connectivity index (χ0n) is 20.5. The van der Waals surface area contributed by atoms with Crippen molar-refractivity contribution in [3.8, 4) is 5.75 Å². The van der Waals surface area contributed by atoms with Crippen LogP contribution in [0, 0.1) is 13.8 Å². The first kappa shape index (κ1) is 22.7. The molecule has 0 saturated carbocycles.